The number of rotatable bonds is 3. The number of esters is 1. The van der Waals surface area contributed by atoms with Gasteiger partial charge in [-0.2, -0.15) is 0 Å². The molecule has 0 radical (unpaired) electrons. The van der Waals surface area contributed by atoms with Gasteiger partial charge in [-0.05, 0) is 25.0 Å². The number of carbonyl (C=O) groups excluding carboxylic acids is 1. The summed E-state index contributed by atoms with van der Waals surface area (Å²) in [5.74, 6) is -1.12. The van der Waals surface area contributed by atoms with Crippen molar-refractivity contribution in [1.82, 2.24) is 0 Å². The SMILES string of the molecule is C[C@H]1[C@H](C(O)(c2ccccc2)c2ccccc2)C(=O)OC1(C)C. The first kappa shape index (κ1) is 15.8. The number of aliphatic hydroxyl groups is 1. The highest BCUT2D eigenvalue weighted by Gasteiger charge is 2.57. The molecule has 0 aromatic heterocycles. The Morgan fingerprint density at radius 2 is 1.39 bits per heavy atom. The predicted octanol–water partition coefficient (Wildman–Crippen LogP) is 3.51. The van der Waals surface area contributed by atoms with Gasteiger partial charge in [-0.25, -0.2) is 0 Å². The van der Waals surface area contributed by atoms with Crippen LogP contribution in [0.1, 0.15) is 31.9 Å². The van der Waals surface area contributed by atoms with Crippen LogP contribution in [0.3, 0.4) is 0 Å². The first-order valence-electron chi connectivity index (χ1n) is 7.93. The standard InChI is InChI=1S/C20H22O3/c1-14-17(18(21)23-19(14,2)3)20(22,15-10-6-4-7-11-15)16-12-8-5-9-13-16/h4-14,17,22H,1-3H3/t14-,17-/m0/s1. The van der Waals surface area contributed by atoms with Crippen molar-refractivity contribution in [2.24, 2.45) is 11.8 Å². The highest BCUT2D eigenvalue weighted by Crippen LogP contribution is 2.49. The minimum Gasteiger partial charge on any atom is -0.459 e. The van der Waals surface area contributed by atoms with Crippen molar-refractivity contribution in [2.75, 3.05) is 0 Å². The zero-order valence-electron chi connectivity index (χ0n) is 13.7. The molecule has 1 aliphatic heterocycles. The molecule has 0 saturated carbocycles. The molecule has 3 heteroatoms. The number of ether oxygens (including phenoxy) is 1. The zero-order chi connectivity index (χ0) is 16.7. The van der Waals surface area contributed by atoms with Gasteiger partial charge in [0.25, 0.3) is 0 Å². The van der Waals surface area contributed by atoms with Gasteiger partial charge in [0.05, 0.1) is 0 Å². The average molecular weight is 310 g/mol. The molecule has 1 saturated heterocycles. The van der Waals surface area contributed by atoms with Crippen molar-refractivity contribution in [1.29, 1.82) is 0 Å². The molecule has 0 amide bonds. The Hall–Kier alpha value is -2.13. The maximum Gasteiger partial charge on any atom is 0.313 e. The van der Waals surface area contributed by atoms with Gasteiger partial charge in [0.2, 0.25) is 0 Å². The van der Waals surface area contributed by atoms with Gasteiger partial charge in [-0.3, -0.25) is 4.79 Å². The fourth-order valence-electron chi connectivity index (χ4n) is 3.46. The fourth-order valence-corrected chi connectivity index (χ4v) is 3.46. The highest BCUT2D eigenvalue weighted by molar-refractivity contribution is 5.78. The number of hydrogen-bond acceptors (Lipinski definition) is 3. The molecule has 0 unspecified atom stereocenters. The van der Waals surface area contributed by atoms with E-state index in [1.54, 1.807) is 0 Å². The van der Waals surface area contributed by atoms with Crippen LogP contribution in [0.4, 0.5) is 0 Å². The monoisotopic (exact) mass is 310 g/mol. The Labute approximate surface area is 136 Å². The predicted molar refractivity (Wildman–Crippen MR) is 88.7 cm³/mol. The molecule has 3 nitrogen and oxygen atoms in total. The molecule has 0 bridgehead atoms. The maximum absolute atomic E-state index is 12.6. The van der Waals surface area contributed by atoms with E-state index in [4.69, 9.17) is 4.74 Å². The van der Waals surface area contributed by atoms with Gasteiger partial charge in [0.1, 0.15) is 17.1 Å². The van der Waals surface area contributed by atoms with Crippen molar-refractivity contribution in [3.63, 3.8) is 0 Å². The van der Waals surface area contributed by atoms with Crippen LogP contribution in [-0.4, -0.2) is 16.7 Å². The summed E-state index contributed by atoms with van der Waals surface area (Å²) in [6.45, 7) is 5.75. The van der Waals surface area contributed by atoms with Crippen LogP contribution in [0.15, 0.2) is 60.7 Å². The molecule has 2 aromatic rings. The molecule has 23 heavy (non-hydrogen) atoms. The summed E-state index contributed by atoms with van der Waals surface area (Å²) in [4.78, 5) is 12.6. The zero-order valence-corrected chi connectivity index (χ0v) is 13.7. The molecule has 1 heterocycles. The molecule has 0 aliphatic carbocycles. The van der Waals surface area contributed by atoms with Gasteiger partial charge >= 0.3 is 5.97 Å². The quantitative estimate of drug-likeness (QED) is 0.883. The third kappa shape index (κ3) is 2.45. The molecule has 2 atom stereocenters. The Bertz CT molecular complexity index is 652. The molecule has 1 aliphatic rings. The van der Waals surface area contributed by atoms with Crippen molar-refractivity contribution in [2.45, 2.75) is 32.0 Å². The summed E-state index contributed by atoms with van der Waals surface area (Å²) in [7, 11) is 0. The third-order valence-electron chi connectivity index (χ3n) is 5.09. The number of cyclic esters (lactones) is 1. The van der Waals surface area contributed by atoms with Crippen LogP contribution >= 0.6 is 0 Å². The molecule has 3 rings (SSSR count). The third-order valence-corrected chi connectivity index (χ3v) is 5.09. The van der Waals surface area contributed by atoms with E-state index in [0.717, 1.165) is 0 Å². The lowest BCUT2D eigenvalue weighted by atomic mass is 9.69. The molecule has 0 spiro atoms. The Morgan fingerprint density at radius 1 is 0.957 bits per heavy atom. The first-order valence-corrected chi connectivity index (χ1v) is 7.93. The molecule has 2 aromatic carbocycles. The van der Waals surface area contributed by atoms with Gasteiger partial charge in [0.15, 0.2) is 0 Å². The molecular formula is C20H22O3. The van der Waals surface area contributed by atoms with E-state index in [9.17, 15) is 9.90 Å². The lowest BCUT2D eigenvalue weighted by molar-refractivity contribution is -0.152. The molecule has 1 N–H and O–H groups in total. The first-order chi connectivity index (χ1) is 10.9. The Balaban J connectivity index is 2.20. The summed E-state index contributed by atoms with van der Waals surface area (Å²) >= 11 is 0. The lowest BCUT2D eigenvalue weighted by Crippen LogP contribution is -2.43. The second-order valence-electron chi connectivity index (χ2n) is 6.79. The summed E-state index contributed by atoms with van der Waals surface area (Å²) in [6, 6.07) is 18.7. The fraction of sp³-hybridized carbons (Fsp3) is 0.350. The second-order valence-corrected chi connectivity index (χ2v) is 6.79. The summed E-state index contributed by atoms with van der Waals surface area (Å²) in [5.41, 5.74) is -0.595. The largest absolute Gasteiger partial charge is 0.459 e. The maximum atomic E-state index is 12.6. The summed E-state index contributed by atoms with van der Waals surface area (Å²) < 4.78 is 5.56. The van der Waals surface area contributed by atoms with Gasteiger partial charge in [-0.15, -0.1) is 0 Å². The number of benzene rings is 2. The van der Waals surface area contributed by atoms with Crippen LogP contribution in [0.25, 0.3) is 0 Å². The van der Waals surface area contributed by atoms with E-state index >= 15 is 0 Å². The Kier molecular flexibility index (Phi) is 3.77. The normalized spacial score (nSPS) is 23.6. The average Bonchev–Trinajstić information content (AvgIpc) is 2.76. The van der Waals surface area contributed by atoms with E-state index in [1.165, 1.54) is 0 Å². The summed E-state index contributed by atoms with van der Waals surface area (Å²) in [5, 5.41) is 11.7. The van der Waals surface area contributed by atoms with Gasteiger partial charge in [0, 0.05) is 5.92 Å². The van der Waals surface area contributed by atoms with E-state index in [1.807, 2.05) is 81.4 Å². The van der Waals surface area contributed by atoms with Crippen LogP contribution in [-0.2, 0) is 15.1 Å². The smallest absolute Gasteiger partial charge is 0.313 e. The van der Waals surface area contributed by atoms with Gasteiger partial charge in [-0.1, -0.05) is 67.6 Å². The van der Waals surface area contributed by atoms with Crippen molar-refractivity contribution in [3.8, 4) is 0 Å². The highest BCUT2D eigenvalue weighted by atomic mass is 16.6. The number of hydrogen-bond donors (Lipinski definition) is 1. The topological polar surface area (TPSA) is 46.5 Å². The van der Waals surface area contributed by atoms with Crippen molar-refractivity contribution < 1.29 is 14.6 Å². The number of carbonyl (C=O) groups is 1. The molecular weight excluding hydrogens is 288 g/mol. The van der Waals surface area contributed by atoms with Crippen LogP contribution in [0, 0.1) is 11.8 Å². The second kappa shape index (κ2) is 5.50. The van der Waals surface area contributed by atoms with Gasteiger partial charge < -0.3 is 9.84 Å². The Morgan fingerprint density at radius 3 is 1.74 bits per heavy atom. The minimum atomic E-state index is -1.41. The van der Waals surface area contributed by atoms with E-state index in [-0.39, 0.29) is 11.9 Å². The van der Waals surface area contributed by atoms with Crippen LogP contribution in [0.5, 0.6) is 0 Å². The van der Waals surface area contributed by atoms with E-state index in [2.05, 4.69) is 0 Å². The van der Waals surface area contributed by atoms with Crippen molar-refractivity contribution in [3.05, 3.63) is 71.8 Å². The van der Waals surface area contributed by atoms with E-state index in [0.29, 0.717) is 11.1 Å². The van der Waals surface area contributed by atoms with Crippen molar-refractivity contribution >= 4 is 5.97 Å². The molecule has 120 valence electrons. The summed E-state index contributed by atoms with van der Waals surface area (Å²) in [6.07, 6.45) is 0. The van der Waals surface area contributed by atoms with Crippen LogP contribution < -0.4 is 0 Å². The minimum absolute atomic E-state index is 0.125. The molecule has 1 fully saturated rings. The van der Waals surface area contributed by atoms with Crippen LogP contribution in [0.2, 0.25) is 0 Å². The van der Waals surface area contributed by atoms with E-state index < -0.39 is 17.1 Å². The lowest BCUT2D eigenvalue weighted by Gasteiger charge is -2.36.